The lowest BCUT2D eigenvalue weighted by molar-refractivity contribution is -0.150. The summed E-state index contributed by atoms with van der Waals surface area (Å²) in [5, 5.41) is 2.66. The van der Waals surface area contributed by atoms with E-state index in [1.54, 1.807) is 24.3 Å². The Balaban J connectivity index is 1.87. The van der Waals surface area contributed by atoms with Crippen LogP contribution >= 0.6 is 0 Å². The number of halogens is 1. The molecule has 25 heavy (non-hydrogen) atoms. The summed E-state index contributed by atoms with van der Waals surface area (Å²) >= 11 is 0. The summed E-state index contributed by atoms with van der Waals surface area (Å²) in [6, 6.07) is 11.8. The van der Waals surface area contributed by atoms with Gasteiger partial charge < -0.3 is 14.8 Å². The molecule has 0 aliphatic heterocycles. The zero-order chi connectivity index (χ0) is 18.2. The number of carbonyl (C=O) groups excluding carboxylic acids is 2. The first-order valence-corrected chi connectivity index (χ1v) is 7.97. The Kier molecular flexibility index (Phi) is 6.51. The number of anilines is 1. The minimum absolute atomic E-state index is 0.145. The van der Waals surface area contributed by atoms with Crippen molar-refractivity contribution in [3.63, 3.8) is 0 Å². The quantitative estimate of drug-likeness (QED) is 0.775. The normalized spacial score (nSPS) is 11.5. The average Bonchev–Trinajstić information content (AvgIpc) is 2.62. The number of hydrogen-bond donors (Lipinski definition) is 1. The highest BCUT2D eigenvalue weighted by atomic mass is 19.1. The summed E-state index contributed by atoms with van der Waals surface area (Å²) in [4.78, 5) is 23.7. The lowest BCUT2D eigenvalue weighted by Crippen LogP contribution is -2.20. The highest BCUT2D eigenvalue weighted by Gasteiger charge is 2.10. The van der Waals surface area contributed by atoms with Crippen molar-refractivity contribution in [1.29, 1.82) is 0 Å². The van der Waals surface area contributed by atoms with Crippen molar-refractivity contribution in [2.45, 2.75) is 26.4 Å². The molecule has 0 aliphatic carbocycles. The molecule has 1 N–H and O–H groups in total. The van der Waals surface area contributed by atoms with E-state index in [1.807, 2.05) is 13.8 Å². The molecular weight excluding hydrogens is 325 g/mol. The van der Waals surface area contributed by atoms with Crippen LogP contribution in [0.2, 0.25) is 0 Å². The van der Waals surface area contributed by atoms with Crippen molar-refractivity contribution in [2.75, 3.05) is 11.9 Å². The molecule has 2 rings (SSSR count). The number of amides is 1. The molecule has 1 amide bonds. The molecule has 2 aromatic carbocycles. The van der Waals surface area contributed by atoms with Gasteiger partial charge in [0.05, 0.1) is 6.10 Å². The smallest absolute Gasteiger partial charge is 0.344 e. The number of rotatable bonds is 7. The predicted molar refractivity (Wildman–Crippen MR) is 92.1 cm³/mol. The van der Waals surface area contributed by atoms with Gasteiger partial charge in [-0.3, -0.25) is 4.79 Å². The average molecular weight is 345 g/mol. The Morgan fingerprint density at radius 3 is 2.32 bits per heavy atom. The van der Waals surface area contributed by atoms with E-state index >= 15 is 0 Å². The van der Waals surface area contributed by atoms with E-state index in [1.165, 1.54) is 24.3 Å². The maximum atomic E-state index is 12.9. The molecule has 0 bridgehead atoms. The van der Waals surface area contributed by atoms with Crippen molar-refractivity contribution < 1.29 is 23.5 Å². The summed E-state index contributed by atoms with van der Waals surface area (Å²) in [6.45, 7) is 3.55. The number of benzene rings is 2. The van der Waals surface area contributed by atoms with Gasteiger partial charge in [0, 0.05) is 11.3 Å². The molecule has 0 aromatic heterocycles. The highest BCUT2D eigenvalue weighted by Crippen LogP contribution is 2.15. The SMILES string of the molecule is CCC(C)OC(=O)COc1ccc(C(=O)Nc2ccc(F)cc2)cc1. The van der Waals surface area contributed by atoms with Gasteiger partial charge in [-0.2, -0.15) is 0 Å². The van der Waals surface area contributed by atoms with Crippen LogP contribution < -0.4 is 10.1 Å². The molecule has 0 spiro atoms. The van der Waals surface area contributed by atoms with E-state index in [0.29, 0.717) is 17.0 Å². The van der Waals surface area contributed by atoms with Crippen LogP contribution in [0.5, 0.6) is 5.75 Å². The molecule has 0 heterocycles. The van der Waals surface area contributed by atoms with E-state index in [0.717, 1.165) is 6.42 Å². The van der Waals surface area contributed by atoms with Crippen molar-refractivity contribution in [3.8, 4) is 5.75 Å². The van der Waals surface area contributed by atoms with Crippen LogP contribution in [-0.4, -0.2) is 24.6 Å². The van der Waals surface area contributed by atoms with Crippen LogP contribution in [0.25, 0.3) is 0 Å². The first kappa shape index (κ1) is 18.4. The Morgan fingerprint density at radius 2 is 1.72 bits per heavy atom. The Labute approximate surface area is 145 Å². The maximum Gasteiger partial charge on any atom is 0.344 e. The van der Waals surface area contributed by atoms with Crippen LogP contribution in [0.3, 0.4) is 0 Å². The van der Waals surface area contributed by atoms with Gasteiger partial charge in [-0.25, -0.2) is 9.18 Å². The van der Waals surface area contributed by atoms with Crippen molar-refractivity contribution in [1.82, 2.24) is 0 Å². The van der Waals surface area contributed by atoms with Crippen LogP contribution in [0.1, 0.15) is 30.6 Å². The molecule has 2 aromatic rings. The molecule has 1 unspecified atom stereocenters. The minimum Gasteiger partial charge on any atom is -0.482 e. The van der Waals surface area contributed by atoms with Crippen LogP contribution in [-0.2, 0) is 9.53 Å². The van der Waals surface area contributed by atoms with Crippen molar-refractivity contribution >= 4 is 17.6 Å². The standard InChI is InChI=1S/C19H20FNO4/c1-3-13(2)25-18(22)12-24-17-10-4-14(5-11-17)19(23)21-16-8-6-15(20)7-9-16/h4-11,13H,3,12H2,1-2H3,(H,21,23). The Bertz CT molecular complexity index is 713. The van der Waals surface area contributed by atoms with Gasteiger partial charge in [-0.15, -0.1) is 0 Å². The van der Waals surface area contributed by atoms with E-state index in [-0.39, 0.29) is 24.4 Å². The minimum atomic E-state index is -0.438. The Hall–Kier alpha value is -2.89. The maximum absolute atomic E-state index is 12.9. The van der Waals surface area contributed by atoms with Crippen molar-refractivity contribution in [3.05, 3.63) is 59.9 Å². The zero-order valence-electron chi connectivity index (χ0n) is 14.1. The molecule has 0 aliphatic rings. The lowest BCUT2D eigenvalue weighted by atomic mass is 10.2. The molecule has 0 fully saturated rings. The van der Waals surface area contributed by atoms with Gasteiger partial charge in [0.1, 0.15) is 11.6 Å². The van der Waals surface area contributed by atoms with Gasteiger partial charge in [-0.1, -0.05) is 6.92 Å². The summed E-state index contributed by atoms with van der Waals surface area (Å²) in [5.41, 5.74) is 0.915. The second-order valence-electron chi connectivity index (χ2n) is 5.48. The van der Waals surface area contributed by atoms with Gasteiger partial charge in [-0.05, 0) is 61.9 Å². The number of ether oxygens (including phenoxy) is 2. The number of nitrogens with one attached hydrogen (secondary N) is 1. The summed E-state index contributed by atoms with van der Waals surface area (Å²) < 4.78 is 23.3. The van der Waals surface area contributed by atoms with E-state index in [9.17, 15) is 14.0 Å². The zero-order valence-corrected chi connectivity index (χ0v) is 14.1. The Morgan fingerprint density at radius 1 is 1.08 bits per heavy atom. The van der Waals surface area contributed by atoms with E-state index in [2.05, 4.69) is 5.32 Å². The third-order valence-corrected chi connectivity index (χ3v) is 3.48. The largest absolute Gasteiger partial charge is 0.482 e. The van der Waals surface area contributed by atoms with Crippen LogP contribution in [0, 0.1) is 5.82 Å². The number of carbonyl (C=O) groups is 2. The van der Waals surface area contributed by atoms with Crippen molar-refractivity contribution in [2.24, 2.45) is 0 Å². The third kappa shape index (κ3) is 5.91. The molecular formula is C19H20FNO4. The summed E-state index contributed by atoms with van der Waals surface area (Å²) in [6.07, 6.45) is 0.595. The van der Waals surface area contributed by atoms with Crippen LogP contribution in [0.4, 0.5) is 10.1 Å². The van der Waals surface area contributed by atoms with Crippen LogP contribution in [0.15, 0.2) is 48.5 Å². The van der Waals surface area contributed by atoms with Gasteiger partial charge >= 0.3 is 5.97 Å². The number of esters is 1. The monoisotopic (exact) mass is 345 g/mol. The third-order valence-electron chi connectivity index (χ3n) is 3.48. The molecule has 0 saturated carbocycles. The fourth-order valence-corrected chi connectivity index (χ4v) is 1.92. The second-order valence-corrected chi connectivity index (χ2v) is 5.48. The molecule has 0 radical (unpaired) electrons. The topological polar surface area (TPSA) is 64.6 Å². The fraction of sp³-hybridized carbons (Fsp3) is 0.263. The summed E-state index contributed by atoms with van der Waals surface area (Å²) in [5.74, 6) is -0.674. The molecule has 5 nitrogen and oxygen atoms in total. The number of hydrogen-bond acceptors (Lipinski definition) is 4. The lowest BCUT2D eigenvalue weighted by Gasteiger charge is -2.11. The molecule has 6 heteroatoms. The van der Waals surface area contributed by atoms with E-state index < -0.39 is 5.97 Å². The van der Waals surface area contributed by atoms with Gasteiger partial charge in [0.2, 0.25) is 0 Å². The van der Waals surface area contributed by atoms with E-state index in [4.69, 9.17) is 9.47 Å². The first-order chi connectivity index (χ1) is 12.0. The highest BCUT2D eigenvalue weighted by molar-refractivity contribution is 6.04. The summed E-state index contributed by atoms with van der Waals surface area (Å²) in [7, 11) is 0. The fourth-order valence-electron chi connectivity index (χ4n) is 1.92. The predicted octanol–water partition coefficient (Wildman–Crippen LogP) is 3.80. The molecule has 132 valence electrons. The first-order valence-electron chi connectivity index (χ1n) is 7.97. The second kappa shape index (κ2) is 8.82. The van der Waals surface area contributed by atoms with Gasteiger partial charge in [0.15, 0.2) is 6.61 Å². The van der Waals surface area contributed by atoms with Gasteiger partial charge in [0.25, 0.3) is 5.91 Å². The molecule has 1 atom stereocenters. The molecule has 0 saturated heterocycles.